The van der Waals surface area contributed by atoms with Crippen LogP contribution in [0.4, 0.5) is 4.39 Å². The minimum absolute atomic E-state index is 0.247. The molecule has 0 saturated heterocycles. The first-order valence-electron chi connectivity index (χ1n) is 7.06. The lowest BCUT2D eigenvalue weighted by Gasteiger charge is -2.15. The third-order valence-corrected chi connectivity index (χ3v) is 3.30. The molecule has 0 fully saturated rings. The van der Waals surface area contributed by atoms with Gasteiger partial charge in [-0.1, -0.05) is 45.4 Å². The SMILES string of the molecule is CCCCCCCCC(NC)c1ccc(F)cn1. The first-order chi connectivity index (χ1) is 8.77. The Morgan fingerprint density at radius 1 is 1.17 bits per heavy atom. The van der Waals surface area contributed by atoms with Gasteiger partial charge < -0.3 is 5.32 Å². The lowest BCUT2D eigenvalue weighted by atomic mass is 10.0. The van der Waals surface area contributed by atoms with E-state index in [2.05, 4.69) is 17.2 Å². The van der Waals surface area contributed by atoms with Crippen LogP contribution < -0.4 is 5.32 Å². The Bertz CT molecular complexity index is 311. The summed E-state index contributed by atoms with van der Waals surface area (Å²) in [5, 5.41) is 3.25. The molecule has 2 nitrogen and oxygen atoms in total. The smallest absolute Gasteiger partial charge is 0.141 e. The fraction of sp³-hybridized carbons (Fsp3) is 0.667. The van der Waals surface area contributed by atoms with E-state index in [1.54, 1.807) is 6.07 Å². The predicted octanol–water partition coefficient (Wildman–Crippen LogP) is 4.23. The van der Waals surface area contributed by atoms with Crippen molar-refractivity contribution < 1.29 is 4.39 Å². The molecule has 1 unspecified atom stereocenters. The van der Waals surface area contributed by atoms with Crippen LogP contribution in [0.2, 0.25) is 0 Å². The van der Waals surface area contributed by atoms with Crippen molar-refractivity contribution >= 4 is 0 Å². The minimum Gasteiger partial charge on any atom is -0.312 e. The number of rotatable bonds is 9. The molecule has 0 aliphatic heterocycles. The number of nitrogens with one attached hydrogen (secondary N) is 1. The maximum absolute atomic E-state index is 12.8. The number of pyridine rings is 1. The van der Waals surface area contributed by atoms with Crippen LogP contribution in [0.1, 0.15) is 63.6 Å². The van der Waals surface area contributed by atoms with Gasteiger partial charge in [-0.25, -0.2) is 4.39 Å². The molecule has 0 aliphatic carbocycles. The molecule has 1 rings (SSSR count). The Hall–Kier alpha value is -0.960. The summed E-state index contributed by atoms with van der Waals surface area (Å²) in [6, 6.07) is 3.50. The Balaban J connectivity index is 2.27. The number of unbranched alkanes of at least 4 members (excludes halogenated alkanes) is 5. The third kappa shape index (κ3) is 5.58. The Labute approximate surface area is 110 Å². The predicted molar refractivity (Wildman–Crippen MR) is 74.0 cm³/mol. The van der Waals surface area contributed by atoms with Crippen LogP contribution in [0.25, 0.3) is 0 Å². The molecular weight excluding hydrogens is 227 g/mol. The second kappa shape index (κ2) is 9.03. The van der Waals surface area contributed by atoms with Gasteiger partial charge in [0, 0.05) is 6.04 Å². The van der Waals surface area contributed by atoms with Gasteiger partial charge >= 0.3 is 0 Å². The number of hydrogen-bond acceptors (Lipinski definition) is 2. The normalized spacial score (nSPS) is 12.6. The molecule has 0 bridgehead atoms. The monoisotopic (exact) mass is 252 g/mol. The van der Waals surface area contributed by atoms with Gasteiger partial charge in [0.15, 0.2) is 0 Å². The molecule has 0 spiro atoms. The molecule has 0 radical (unpaired) electrons. The van der Waals surface area contributed by atoms with Crippen LogP contribution in [-0.2, 0) is 0 Å². The topological polar surface area (TPSA) is 24.9 Å². The molecule has 1 aromatic rings. The molecule has 1 heterocycles. The lowest BCUT2D eigenvalue weighted by molar-refractivity contribution is 0.487. The minimum atomic E-state index is -0.270. The Morgan fingerprint density at radius 3 is 2.50 bits per heavy atom. The molecule has 1 N–H and O–H groups in total. The van der Waals surface area contributed by atoms with Crippen molar-refractivity contribution in [2.75, 3.05) is 7.05 Å². The molecule has 18 heavy (non-hydrogen) atoms. The van der Waals surface area contributed by atoms with Crippen molar-refractivity contribution in [2.24, 2.45) is 0 Å². The molecule has 1 atom stereocenters. The first kappa shape index (κ1) is 15.1. The fourth-order valence-corrected chi connectivity index (χ4v) is 2.16. The summed E-state index contributed by atoms with van der Waals surface area (Å²) in [6.07, 6.45) is 10.1. The van der Waals surface area contributed by atoms with E-state index in [0.717, 1.165) is 12.1 Å². The number of hydrogen-bond donors (Lipinski definition) is 1. The zero-order valence-corrected chi connectivity index (χ0v) is 11.6. The summed E-state index contributed by atoms with van der Waals surface area (Å²) in [4.78, 5) is 4.14. The van der Waals surface area contributed by atoms with E-state index in [4.69, 9.17) is 0 Å². The largest absolute Gasteiger partial charge is 0.312 e. The van der Waals surface area contributed by atoms with Crippen molar-refractivity contribution in [1.29, 1.82) is 0 Å². The summed E-state index contributed by atoms with van der Waals surface area (Å²) >= 11 is 0. The Kier molecular flexibility index (Phi) is 7.58. The first-order valence-corrected chi connectivity index (χ1v) is 7.06. The lowest BCUT2D eigenvalue weighted by Crippen LogP contribution is -2.17. The number of aromatic nitrogens is 1. The maximum Gasteiger partial charge on any atom is 0.141 e. The molecule has 3 heteroatoms. The van der Waals surface area contributed by atoms with Crippen LogP contribution in [-0.4, -0.2) is 12.0 Å². The standard InChI is InChI=1S/C15H25FN2/c1-3-4-5-6-7-8-9-14(17-2)15-11-10-13(16)12-18-15/h10-12,14,17H,3-9H2,1-2H3. The number of nitrogens with zero attached hydrogens (tertiary/aromatic N) is 1. The van der Waals surface area contributed by atoms with Gasteiger partial charge in [-0.3, -0.25) is 4.98 Å². The molecule has 102 valence electrons. The zero-order chi connectivity index (χ0) is 13.2. The van der Waals surface area contributed by atoms with Gasteiger partial charge in [0.05, 0.1) is 11.9 Å². The maximum atomic E-state index is 12.8. The van der Waals surface area contributed by atoms with Crippen molar-refractivity contribution in [1.82, 2.24) is 10.3 Å². The van der Waals surface area contributed by atoms with E-state index in [-0.39, 0.29) is 11.9 Å². The van der Waals surface area contributed by atoms with Gasteiger partial charge in [-0.15, -0.1) is 0 Å². The van der Waals surface area contributed by atoms with Gasteiger partial charge in [0.2, 0.25) is 0 Å². The average Bonchev–Trinajstić information content (AvgIpc) is 2.39. The van der Waals surface area contributed by atoms with E-state index in [1.807, 2.05) is 7.05 Å². The van der Waals surface area contributed by atoms with Gasteiger partial charge in [-0.05, 0) is 25.6 Å². The Morgan fingerprint density at radius 2 is 1.89 bits per heavy atom. The highest BCUT2D eigenvalue weighted by atomic mass is 19.1. The summed E-state index contributed by atoms with van der Waals surface area (Å²) in [6.45, 7) is 2.23. The summed E-state index contributed by atoms with van der Waals surface area (Å²) in [5.41, 5.74) is 0.937. The summed E-state index contributed by atoms with van der Waals surface area (Å²) in [7, 11) is 1.94. The number of halogens is 1. The molecule has 0 saturated carbocycles. The van der Waals surface area contributed by atoms with E-state index in [9.17, 15) is 4.39 Å². The van der Waals surface area contributed by atoms with Crippen molar-refractivity contribution in [3.63, 3.8) is 0 Å². The summed E-state index contributed by atoms with van der Waals surface area (Å²) in [5.74, 6) is -0.270. The quantitative estimate of drug-likeness (QED) is 0.665. The molecular formula is C15H25FN2. The fourth-order valence-electron chi connectivity index (χ4n) is 2.16. The highest BCUT2D eigenvalue weighted by Crippen LogP contribution is 2.18. The second-order valence-electron chi connectivity index (χ2n) is 4.80. The highest BCUT2D eigenvalue weighted by Gasteiger charge is 2.09. The van der Waals surface area contributed by atoms with Gasteiger partial charge in [-0.2, -0.15) is 0 Å². The van der Waals surface area contributed by atoms with Crippen LogP contribution in [0.3, 0.4) is 0 Å². The highest BCUT2D eigenvalue weighted by molar-refractivity contribution is 5.09. The van der Waals surface area contributed by atoms with Crippen LogP contribution >= 0.6 is 0 Å². The van der Waals surface area contributed by atoms with Gasteiger partial charge in [0.25, 0.3) is 0 Å². The van der Waals surface area contributed by atoms with E-state index < -0.39 is 0 Å². The van der Waals surface area contributed by atoms with Crippen LogP contribution in [0, 0.1) is 5.82 Å². The summed E-state index contributed by atoms with van der Waals surface area (Å²) < 4.78 is 12.8. The van der Waals surface area contributed by atoms with Crippen LogP contribution in [0.5, 0.6) is 0 Å². The molecule has 0 aliphatic rings. The average molecular weight is 252 g/mol. The van der Waals surface area contributed by atoms with Crippen molar-refractivity contribution in [2.45, 2.75) is 57.9 Å². The third-order valence-electron chi connectivity index (χ3n) is 3.30. The van der Waals surface area contributed by atoms with E-state index >= 15 is 0 Å². The van der Waals surface area contributed by atoms with Crippen molar-refractivity contribution in [3.05, 3.63) is 29.8 Å². The molecule has 1 aromatic heterocycles. The van der Waals surface area contributed by atoms with E-state index in [0.29, 0.717) is 0 Å². The van der Waals surface area contributed by atoms with E-state index in [1.165, 1.54) is 50.8 Å². The second-order valence-corrected chi connectivity index (χ2v) is 4.80. The van der Waals surface area contributed by atoms with Gasteiger partial charge in [0.1, 0.15) is 5.82 Å². The molecule has 0 aromatic carbocycles. The molecule has 0 amide bonds. The van der Waals surface area contributed by atoms with Crippen LogP contribution in [0.15, 0.2) is 18.3 Å². The zero-order valence-electron chi connectivity index (χ0n) is 11.6. The van der Waals surface area contributed by atoms with Crippen molar-refractivity contribution in [3.8, 4) is 0 Å².